The van der Waals surface area contributed by atoms with Crippen LogP contribution in [0, 0.1) is 5.92 Å². The fraction of sp³-hybridized carbons (Fsp3) is 0.571. The van der Waals surface area contributed by atoms with Gasteiger partial charge in [0.2, 0.25) is 0 Å². The van der Waals surface area contributed by atoms with Gasteiger partial charge in [0.1, 0.15) is 6.23 Å². The molecular formula is C14H18ClNO. The molecule has 1 saturated heterocycles. The fourth-order valence-electron chi connectivity index (χ4n) is 2.90. The summed E-state index contributed by atoms with van der Waals surface area (Å²) >= 11 is 5.90. The Hall–Kier alpha value is -0.570. The molecule has 1 N–H and O–H groups in total. The van der Waals surface area contributed by atoms with Crippen molar-refractivity contribution in [3.05, 3.63) is 34.9 Å². The summed E-state index contributed by atoms with van der Waals surface area (Å²) in [6.45, 7) is 1.08. The average molecular weight is 252 g/mol. The van der Waals surface area contributed by atoms with Crippen LogP contribution in [0.5, 0.6) is 0 Å². The predicted molar refractivity (Wildman–Crippen MR) is 69.0 cm³/mol. The quantitative estimate of drug-likeness (QED) is 0.825. The van der Waals surface area contributed by atoms with E-state index in [1.165, 1.54) is 31.2 Å². The van der Waals surface area contributed by atoms with Crippen LogP contribution in [0.2, 0.25) is 5.02 Å². The molecule has 3 rings (SSSR count). The van der Waals surface area contributed by atoms with E-state index in [2.05, 4.69) is 5.32 Å². The monoisotopic (exact) mass is 251 g/mol. The first-order valence-corrected chi connectivity index (χ1v) is 6.85. The second-order valence-corrected chi connectivity index (χ2v) is 5.50. The molecule has 1 saturated carbocycles. The van der Waals surface area contributed by atoms with E-state index in [4.69, 9.17) is 16.3 Å². The zero-order valence-corrected chi connectivity index (χ0v) is 10.6. The molecule has 0 amide bonds. The van der Waals surface area contributed by atoms with Crippen molar-refractivity contribution in [2.24, 2.45) is 5.92 Å². The van der Waals surface area contributed by atoms with E-state index in [0.29, 0.717) is 12.0 Å². The maximum atomic E-state index is 6.16. The van der Waals surface area contributed by atoms with E-state index in [1.807, 2.05) is 24.3 Å². The Labute approximate surface area is 107 Å². The van der Waals surface area contributed by atoms with Gasteiger partial charge < -0.3 is 4.74 Å². The highest BCUT2D eigenvalue weighted by Gasteiger charge is 2.33. The summed E-state index contributed by atoms with van der Waals surface area (Å²) in [6.07, 6.45) is 5.70. The lowest BCUT2D eigenvalue weighted by molar-refractivity contribution is -0.109. The molecule has 1 unspecified atom stereocenters. The van der Waals surface area contributed by atoms with Gasteiger partial charge >= 0.3 is 0 Å². The summed E-state index contributed by atoms with van der Waals surface area (Å²) in [5, 5.41) is 4.27. The van der Waals surface area contributed by atoms with Gasteiger partial charge in [-0.15, -0.1) is 0 Å². The van der Waals surface area contributed by atoms with Crippen molar-refractivity contribution in [1.82, 2.24) is 5.32 Å². The molecule has 0 spiro atoms. The third-order valence-corrected chi connectivity index (χ3v) is 4.14. The van der Waals surface area contributed by atoms with Crippen LogP contribution in [-0.4, -0.2) is 12.6 Å². The SMILES string of the molecule is Clc1ccc(C2NC[C@H]3CCCC[C@@H]3O2)cc1. The van der Waals surface area contributed by atoms with E-state index in [1.54, 1.807) is 0 Å². The number of hydrogen-bond acceptors (Lipinski definition) is 2. The standard InChI is InChI=1S/C14H18ClNO/c15-12-7-5-10(6-8-12)14-16-9-11-3-1-2-4-13(11)17-14/h5-8,11,13-14,16H,1-4,9H2/t11-,13+,14?/m1/s1. The molecule has 2 aliphatic rings. The second-order valence-electron chi connectivity index (χ2n) is 5.06. The maximum Gasteiger partial charge on any atom is 0.134 e. The van der Waals surface area contributed by atoms with Gasteiger partial charge in [0.15, 0.2) is 0 Å². The fourth-order valence-corrected chi connectivity index (χ4v) is 3.03. The highest BCUT2D eigenvalue weighted by atomic mass is 35.5. The van der Waals surface area contributed by atoms with E-state index in [-0.39, 0.29) is 6.23 Å². The normalized spacial score (nSPS) is 33.1. The molecule has 1 aromatic carbocycles. The largest absolute Gasteiger partial charge is 0.356 e. The Morgan fingerprint density at radius 3 is 2.71 bits per heavy atom. The van der Waals surface area contributed by atoms with E-state index in [9.17, 15) is 0 Å². The van der Waals surface area contributed by atoms with Crippen LogP contribution in [-0.2, 0) is 4.74 Å². The molecule has 3 atom stereocenters. The van der Waals surface area contributed by atoms with Crippen molar-refractivity contribution in [2.45, 2.75) is 38.0 Å². The zero-order chi connectivity index (χ0) is 11.7. The summed E-state index contributed by atoms with van der Waals surface area (Å²) in [5.41, 5.74) is 1.18. The van der Waals surface area contributed by atoms with Gasteiger partial charge in [-0.25, -0.2) is 0 Å². The van der Waals surface area contributed by atoms with Crippen LogP contribution < -0.4 is 5.32 Å². The van der Waals surface area contributed by atoms with E-state index < -0.39 is 0 Å². The van der Waals surface area contributed by atoms with Gasteiger partial charge in [0.25, 0.3) is 0 Å². The van der Waals surface area contributed by atoms with Crippen molar-refractivity contribution >= 4 is 11.6 Å². The van der Waals surface area contributed by atoms with Crippen molar-refractivity contribution < 1.29 is 4.74 Å². The lowest BCUT2D eigenvalue weighted by Gasteiger charge is -2.40. The first-order chi connectivity index (χ1) is 8.33. The Balaban J connectivity index is 1.71. The Kier molecular flexibility index (Phi) is 3.37. The molecule has 2 nitrogen and oxygen atoms in total. The molecule has 0 radical (unpaired) electrons. The van der Waals surface area contributed by atoms with Gasteiger partial charge in [-0.3, -0.25) is 5.32 Å². The number of ether oxygens (including phenoxy) is 1. The second kappa shape index (κ2) is 4.97. The van der Waals surface area contributed by atoms with Gasteiger partial charge in [-0.1, -0.05) is 36.6 Å². The molecule has 1 heterocycles. The molecule has 0 aromatic heterocycles. The Morgan fingerprint density at radius 1 is 1.12 bits per heavy atom. The molecule has 1 aliphatic heterocycles. The third kappa shape index (κ3) is 2.49. The predicted octanol–water partition coefficient (Wildman–Crippen LogP) is 3.52. The van der Waals surface area contributed by atoms with Crippen LogP contribution in [0.4, 0.5) is 0 Å². The maximum absolute atomic E-state index is 6.16. The average Bonchev–Trinajstić information content (AvgIpc) is 2.39. The molecule has 2 fully saturated rings. The van der Waals surface area contributed by atoms with Crippen molar-refractivity contribution in [2.75, 3.05) is 6.54 Å². The van der Waals surface area contributed by atoms with Crippen LogP contribution in [0.15, 0.2) is 24.3 Å². The highest BCUT2D eigenvalue weighted by molar-refractivity contribution is 6.30. The number of fused-ring (bicyclic) bond motifs is 1. The summed E-state index contributed by atoms with van der Waals surface area (Å²) in [6, 6.07) is 7.94. The first-order valence-electron chi connectivity index (χ1n) is 6.47. The Morgan fingerprint density at radius 2 is 1.88 bits per heavy atom. The van der Waals surface area contributed by atoms with Gasteiger partial charge in [0, 0.05) is 11.6 Å². The number of benzene rings is 1. The number of halogens is 1. The summed E-state index contributed by atoms with van der Waals surface area (Å²) in [4.78, 5) is 0. The smallest absolute Gasteiger partial charge is 0.134 e. The van der Waals surface area contributed by atoms with Crippen LogP contribution in [0.1, 0.15) is 37.5 Å². The van der Waals surface area contributed by atoms with Gasteiger partial charge in [0.05, 0.1) is 6.10 Å². The van der Waals surface area contributed by atoms with Crippen molar-refractivity contribution in [3.63, 3.8) is 0 Å². The summed E-state index contributed by atoms with van der Waals surface area (Å²) < 4.78 is 6.16. The van der Waals surface area contributed by atoms with Crippen molar-refractivity contribution in [3.8, 4) is 0 Å². The molecule has 17 heavy (non-hydrogen) atoms. The third-order valence-electron chi connectivity index (χ3n) is 3.89. The van der Waals surface area contributed by atoms with Crippen LogP contribution in [0.25, 0.3) is 0 Å². The molecule has 3 heteroatoms. The lowest BCUT2D eigenvalue weighted by Crippen LogP contribution is -2.45. The number of nitrogens with one attached hydrogen (secondary N) is 1. The zero-order valence-electron chi connectivity index (χ0n) is 9.86. The van der Waals surface area contributed by atoms with Gasteiger partial charge in [-0.05, 0) is 36.5 Å². The minimum atomic E-state index is 0.0478. The van der Waals surface area contributed by atoms with Crippen molar-refractivity contribution in [1.29, 1.82) is 0 Å². The topological polar surface area (TPSA) is 21.3 Å². The Bertz CT molecular complexity index is 378. The van der Waals surface area contributed by atoms with E-state index in [0.717, 1.165) is 11.6 Å². The van der Waals surface area contributed by atoms with Crippen LogP contribution >= 0.6 is 11.6 Å². The van der Waals surface area contributed by atoms with Gasteiger partial charge in [-0.2, -0.15) is 0 Å². The molecular weight excluding hydrogens is 234 g/mol. The number of hydrogen-bond donors (Lipinski definition) is 1. The summed E-state index contributed by atoms with van der Waals surface area (Å²) in [5.74, 6) is 0.715. The molecule has 1 aliphatic carbocycles. The molecule has 1 aromatic rings. The first kappa shape index (κ1) is 11.5. The van der Waals surface area contributed by atoms with Crippen LogP contribution in [0.3, 0.4) is 0 Å². The summed E-state index contributed by atoms with van der Waals surface area (Å²) in [7, 11) is 0. The number of rotatable bonds is 1. The molecule has 0 bridgehead atoms. The van der Waals surface area contributed by atoms with E-state index >= 15 is 0 Å². The lowest BCUT2D eigenvalue weighted by atomic mass is 9.85. The highest BCUT2D eigenvalue weighted by Crippen LogP contribution is 2.33. The molecule has 92 valence electrons. The minimum Gasteiger partial charge on any atom is -0.356 e. The minimum absolute atomic E-state index is 0.0478.